The van der Waals surface area contributed by atoms with Crippen LogP contribution in [0.1, 0.15) is 32.9 Å². The molecule has 1 aromatic rings. The number of nitrogens with zero attached hydrogens (tertiary/aromatic N) is 3. The molecule has 0 unspecified atom stereocenters. The molecule has 0 amide bonds. The van der Waals surface area contributed by atoms with Crippen LogP contribution in [-0.4, -0.2) is 23.1 Å². The Balaban J connectivity index is 2.11. The molecule has 0 radical (unpaired) electrons. The minimum atomic E-state index is 0.275. The molecule has 0 saturated carbocycles. The van der Waals surface area contributed by atoms with Gasteiger partial charge in [0.05, 0.1) is 11.9 Å². The Kier molecular flexibility index (Phi) is 3.66. The maximum absolute atomic E-state index is 5.59. The molecule has 1 aliphatic rings. The van der Waals surface area contributed by atoms with Crippen LogP contribution in [0.5, 0.6) is 0 Å². The van der Waals surface area contributed by atoms with E-state index in [2.05, 4.69) is 41.7 Å². The van der Waals surface area contributed by atoms with Crippen LogP contribution in [0.2, 0.25) is 0 Å². The zero-order valence-corrected chi connectivity index (χ0v) is 11.5. The molecule has 4 heteroatoms. The molecular formula is C14H22N4. The van der Waals surface area contributed by atoms with E-state index in [1.807, 2.05) is 6.20 Å². The highest BCUT2D eigenvalue weighted by Crippen LogP contribution is 2.30. The Morgan fingerprint density at radius 2 is 2.11 bits per heavy atom. The van der Waals surface area contributed by atoms with Crippen LogP contribution >= 0.6 is 0 Å². The normalized spacial score (nSPS) is 16.7. The van der Waals surface area contributed by atoms with Crippen molar-refractivity contribution in [3.05, 3.63) is 29.7 Å². The summed E-state index contributed by atoms with van der Waals surface area (Å²) in [6.07, 6.45) is 6.96. The van der Waals surface area contributed by atoms with Gasteiger partial charge in [0, 0.05) is 25.8 Å². The van der Waals surface area contributed by atoms with E-state index in [0.717, 1.165) is 31.0 Å². The molecule has 4 nitrogen and oxygen atoms in total. The molecule has 0 atom stereocenters. The van der Waals surface area contributed by atoms with Gasteiger partial charge in [-0.1, -0.05) is 32.4 Å². The molecule has 18 heavy (non-hydrogen) atoms. The van der Waals surface area contributed by atoms with Gasteiger partial charge in [0.1, 0.15) is 5.82 Å². The second kappa shape index (κ2) is 5.06. The van der Waals surface area contributed by atoms with Crippen LogP contribution in [0.15, 0.2) is 24.0 Å². The van der Waals surface area contributed by atoms with Crippen molar-refractivity contribution in [3.8, 4) is 0 Å². The van der Waals surface area contributed by atoms with Crippen molar-refractivity contribution >= 4 is 5.82 Å². The van der Waals surface area contributed by atoms with Crippen molar-refractivity contribution in [2.24, 2.45) is 11.1 Å². The second-order valence-corrected chi connectivity index (χ2v) is 5.75. The largest absolute Gasteiger partial charge is 0.351 e. The summed E-state index contributed by atoms with van der Waals surface area (Å²) in [5.74, 6) is 0.933. The van der Waals surface area contributed by atoms with Crippen molar-refractivity contribution < 1.29 is 0 Å². The highest BCUT2D eigenvalue weighted by Gasteiger charge is 2.21. The van der Waals surface area contributed by atoms with E-state index < -0.39 is 0 Å². The highest BCUT2D eigenvalue weighted by atomic mass is 15.2. The summed E-state index contributed by atoms with van der Waals surface area (Å²) in [5, 5.41) is 0. The van der Waals surface area contributed by atoms with Gasteiger partial charge in [-0.15, -0.1) is 0 Å². The zero-order valence-electron chi connectivity index (χ0n) is 11.5. The average molecular weight is 246 g/mol. The number of rotatable bonds is 2. The molecule has 0 aliphatic carbocycles. The first-order valence-electron chi connectivity index (χ1n) is 6.46. The molecule has 98 valence electrons. The minimum Gasteiger partial charge on any atom is -0.351 e. The Morgan fingerprint density at radius 1 is 1.33 bits per heavy atom. The van der Waals surface area contributed by atoms with E-state index in [4.69, 9.17) is 5.73 Å². The predicted molar refractivity (Wildman–Crippen MR) is 74.3 cm³/mol. The third-order valence-electron chi connectivity index (χ3n) is 3.38. The minimum absolute atomic E-state index is 0.275. The van der Waals surface area contributed by atoms with Gasteiger partial charge in [-0.2, -0.15) is 0 Å². The molecule has 0 fully saturated rings. The monoisotopic (exact) mass is 246 g/mol. The predicted octanol–water partition coefficient (Wildman–Crippen LogP) is 2.12. The topological polar surface area (TPSA) is 55.0 Å². The fourth-order valence-electron chi connectivity index (χ4n) is 2.20. The van der Waals surface area contributed by atoms with Gasteiger partial charge in [0.15, 0.2) is 0 Å². The van der Waals surface area contributed by atoms with E-state index in [9.17, 15) is 0 Å². The summed E-state index contributed by atoms with van der Waals surface area (Å²) in [6.45, 7) is 9.16. The third kappa shape index (κ3) is 2.88. The molecule has 0 aromatic carbocycles. The Bertz CT molecular complexity index is 445. The van der Waals surface area contributed by atoms with Gasteiger partial charge in [-0.3, -0.25) is 4.98 Å². The zero-order chi connectivity index (χ0) is 13.2. The van der Waals surface area contributed by atoms with E-state index in [1.165, 1.54) is 5.57 Å². The van der Waals surface area contributed by atoms with Crippen molar-refractivity contribution in [1.29, 1.82) is 0 Å². The maximum Gasteiger partial charge on any atom is 0.147 e. The van der Waals surface area contributed by atoms with Crippen LogP contribution in [-0.2, 0) is 6.54 Å². The summed E-state index contributed by atoms with van der Waals surface area (Å²) < 4.78 is 0. The van der Waals surface area contributed by atoms with Crippen LogP contribution in [0.25, 0.3) is 0 Å². The number of hydrogen-bond acceptors (Lipinski definition) is 4. The van der Waals surface area contributed by atoms with Gasteiger partial charge in [-0.05, 0) is 11.8 Å². The van der Waals surface area contributed by atoms with Gasteiger partial charge in [0.2, 0.25) is 0 Å². The van der Waals surface area contributed by atoms with Crippen molar-refractivity contribution in [1.82, 2.24) is 9.97 Å². The molecule has 0 saturated heterocycles. The third-order valence-corrected chi connectivity index (χ3v) is 3.38. The lowest BCUT2D eigenvalue weighted by atomic mass is 9.83. The molecule has 2 rings (SSSR count). The Labute approximate surface area is 109 Å². The Morgan fingerprint density at radius 3 is 2.67 bits per heavy atom. The molecule has 0 spiro atoms. The first-order chi connectivity index (χ1) is 8.50. The summed E-state index contributed by atoms with van der Waals surface area (Å²) in [5.41, 5.74) is 8.24. The number of aromatic nitrogens is 2. The van der Waals surface area contributed by atoms with Gasteiger partial charge < -0.3 is 10.6 Å². The van der Waals surface area contributed by atoms with E-state index in [0.29, 0.717) is 6.54 Å². The van der Waals surface area contributed by atoms with Crippen molar-refractivity contribution in [3.63, 3.8) is 0 Å². The number of nitrogens with two attached hydrogens (primary N) is 1. The fraction of sp³-hybridized carbons (Fsp3) is 0.571. The van der Waals surface area contributed by atoms with Gasteiger partial charge in [0.25, 0.3) is 0 Å². The quantitative estimate of drug-likeness (QED) is 0.812. The first kappa shape index (κ1) is 13.0. The SMILES string of the molecule is CC(C)(C)C1=CCN(c2cncc(CN)n2)CC1. The summed E-state index contributed by atoms with van der Waals surface area (Å²) in [7, 11) is 0. The summed E-state index contributed by atoms with van der Waals surface area (Å²) in [6, 6.07) is 0. The Hall–Kier alpha value is -1.42. The number of anilines is 1. The van der Waals surface area contributed by atoms with E-state index in [-0.39, 0.29) is 5.41 Å². The van der Waals surface area contributed by atoms with Gasteiger partial charge >= 0.3 is 0 Å². The summed E-state index contributed by atoms with van der Waals surface area (Å²) in [4.78, 5) is 11.0. The van der Waals surface area contributed by atoms with Crippen molar-refractivity contribution in [2.45, 2.75) is 33.7 Å². The first-order valence-corrected chi connectivity index (χ1v) is 6.46. The van der Waals surface area contributed by atoms with E-state index >= 15 is 0 Å². The lowest BCUT2D eigenvalue weighted by molar-refractivity contribution is 0.472. The van der Waals surface area contributed by atoms with Crippen molar-refractivity contribution in [2.75, 3.05) is 18.0 Å². The molecular weight excluding hydrogens is 224 g/mol. The van der Waals surface area contributed by atoms with Crippen LogP contribution in [0.3, 0.4) is 0 Å². The number of hydrogen-bond donors (Lipinski definition) is 1. The van der Waals surface area contributed by atoms with E-state index in [1.54, 1.807) is 6.20 Å². The van der Waals surface area contributed by atoms with Gasteiger partial charge in [-0.25, -0.2) is 4.98 Å². The molecule has 1 aliphatic heterocycles. The molecule has 1 aromatic heterocycles. The van der Waals surface area contributed by atoms with Crippen LogP contribution in [0.4, 0.5) is 5.82 Å². The lowest BCUT2D eigenvalue weighted by Gasteiger charge is -2.32. The smallest absolute Gasteiger partial charge is 0.147 e. The fourth-order valence-corrected chi connectivity index (χ4v) is 2.20. The highest BCUT2D eigenvalue weighted by molar-refractivity contribution is 5.40. The average Bonchev–Trinajstić information content (AvgIpc) is 2.38. The standard InChI is InChI=1S/C14H22N4/c1-14(2,3)11-4-6-18(7-5-11)13-10-16-9-12(8-15)17-13/h4,9-10H,5-8,15H2,1-3H3. The lowest BCUT2D eigenvalue weighted by Crippen LogP contribution is -2.32. The van der Waals surface area contributed by atoms with Crippen LogP contribution in [0, 0.1) is 5.41 Å². The maximum atomic E-state index is 5.59. The summed E-state index contributed by atoms with van der Waals surface area (Å²) >= 11 is 0. The molecule has 0 bridgehead atoms. The second-order valence-electron chi connectivity index (χ2n) is 5.75. The van der Waals surface area contributed by atoms with Crippen LogP contribution < -0.4 is 10.6 Å². The molecule has 2 N–H and O–H groups in total. The molecule has 2 heterocycles.